The van der Waals surface area contributed by atoms with Gasteiger partial charge in [-0.25, -0.2) is 0 Å². The minimum atomic E-state index is -0.298. The molecule has 5 nitrogen and oxygen atoms in total. The number of nitrogens with two attached hydrogens (primary N) is 1. The van der Waals surface area contributed by atoms with Gasteiger partial charge in [-0.2, -0.15) is 16.7 Å². The average Bonchev–Trinajstić information content (AvgIpc) is 2.81. The van der Waals surface area contributed by atoms with Crippen molar-refractivity contribution in [1.82, 2.24) is 10.1 Å². The monoisotopic (exact) mass is 275 g/mol. The molecule has 17 heavy (non-hydrogen) atoms. The number of rotatable bonds is 4. The molecule has 1 saturated heterocycles. The molecule has 3 atom stereocenters. The maximum absolute atomic E-state index is 5.57. The minimum Gasteiger partial charge on any atom is -0.370 e. The molecule has 2 heterocycles. The summed E-state index contributed by atoms with van der Waals surface area (Å²) in [5, 5.41) is 4.87. The highest BCUT2D eigenvalue weighted by molar-refractivity contribution is 8.06. The molecule has 0 radical (unpaired) electrons. The van der Waals surface area contributed by atoms with Crippen LogP contribution in [0.15, 0.2) is 4.52 Å². The fourth-order valence-electron chi connectivity index (χ4n) is 1.71. The summed E-state index contributed by atoms with van der Waals surface area (Å²) < 4.78 is 10.4. The molecule has 0 aliphatic carbocycles. The Kier molecular flexibility index (Phi) is 4.72. The SMILES string of the molecule is COC(CN)c1nc(C2SCCSC2C)no1. The summed E-state index contributed by atoms with van der Waals surface area (Å²) in [6.45, 7) is 2.55. The molecular weight excluding hydrogens is 258 g/mol. The summed E-state index contributed by atoms with van der Waals surface area (Å²) >= 11 is 3.84. The molecule has 1 fully saturated rings. The van der Waals surface area contributed by atoms with Crippen molar-refractivity contribution in [2.24, 2.45) is 5.73 Å². The fraction of sp³-hybridized carbons (Fsp3) is 0.800. The summed E-state index contributed by atoms with van der Waals surface area (Å²) in [5.41, 5.74) is 5.57. The standard InChI is InChI=1S/C10H17N3O2S2/c1-6-8(17-4-3-16-6)9-12-10(15-13-9)7(5-11)14-2/h6-8H,3-5,11H2,1-2H3. The van der Waals surface area contributed by atoms with Gasteiger partial charge in [0.25, 0.3) is 5.89 Å². The molecule has 0 saturated carbocycles. The van der Waals surface area contributed by atoms with Crippen LogP contribution in [0.3, 0.4) is 0 Å². The van der Waals surface area contributed by atoms with Gasteiger partial charge in [0.15, 0.2) is 5.82 Å². The number of ether oxygens (including phenoxy) is 1. The van der Waals surface area contributed by atoms with Crippen molar-refractivity contribution >= 4 is 23.5 Å². The number of hydrogen-bond acceptors (Lipinski definition) is 7. The number of hydrogen-bond donors (Lipinski definition) is 1. The second-order valence-electron chi connectivity index (χ2n) is 3.82. The van der Waals surface area contributed by atoms with Crippen LogP contribution in [0, 0.1) is 0 Å². The topological polar surface area (TPSA) is 74.2 Å². The predicted molar refractivity (Wildman–Crippen MR) is 70.2 cm³/mol. The van der Waals surface area contributed by atoms with Gasteiger partial charge in [-0.1, -0.05) is 12.1 Å². The second-order valence-corrected chi connectivity index (χ2v) is 6.55. The van der Waals surface area contributed by atoms with Gasteiger partial charge in [0, 0.05) is 30.4 Å². The molecule has 2 rings (SSSR count). The maximum atomic E-state index is 5.57. The lowest BCUT2D eigenvalue weighted by Crippen LogP contribution is -2.17. The van der Waals surface area contributed by atoms with Gasteiger partial charge in [0.05, 0.1) is 5.25 Å². The first kappa shape index (κ1) is 13.2. The molecule has 1 aliphatic rings. The van der Waals surface area contributed by atoms with Gasteiger partial charge >= 0.3 is 0 Å². The summed E-state index contributed by atoms with van der Waals surface area (Å²) in [5.74, 6) is 3.57. The Bertz CT molecular complexity index is 357. The number of thioether (sulfide) groups is 2. The van der Waals surface area contributed by atoms with E-state index < -0.39 is 0 Å². The molecule has 1 aromatic rings. The molecule has 0 bridgehead atoms. The molecular formula is C10H17N3O2S2. The van der Waals surface area contributed by atoms with E-state index in [0.717, 1.165) is 11.6 Å². The molecule has 0 aromatic carbocycles. The van der Waals surface area contributed by atoms with E-state index in [4.69, 9.17) is 15.0 Å². The summed E-state index contributed by atoms with van der Waals surface area (Å²) in [4.78, 5) is 4.41. The Balaban J connectivity index is 2.11. The van der Waals surface area contributed by atoms with E-state index in [-0.39, 0.29) is 6.10 Å². The fourth-order valence-corrected chi connectivity index (χ4v) is 4.39. The number of nitrogens with zero attached hydrogens (tertiary/aromatic N) is 2. The quantitative estimate of drug-likeness (QED) is 0.895. The molecule has 1 aliphatic heterocycles. The van der Waals surface area contributed by atoms with Crippen molar-refractivity contribution in [3.8, 4) is 0 Å². The molecule has 1 aromatic heterocycles. The Morgan fingerprint density at radius 1 is 1.53 bits per heavy atom. The Labute approximate surface area is 109 Å². The second kappa shape index (κ2) is 6.08. The third-order valence-corrected chi connectivity index (χ3v) is 5.76. The Morgan fingerprint density at radius 3 is 2.94 bits per heavy atom. The first-order valence-electron chi connectivity index (χ1n) is 5.55. The zero-order valence-corrected chi connectivity index (χ0v) is 11.6. The van der Waals surface area contributed by atoms with Crippen LogP contribution in [0.2, 0.25) is 0 Å². The lowest BCUT2D eigenvalue weighted by Gasteiger charge is -2.24. The average molecular weight is 275 g/mol. The van der Waals surface area contributed by atoms with Crippen LogP contribution in [0.4, 0.5) is 0 Å². The van der Waals surface area contributed by atoms with E-state index >= 15 is 0 Å². The van der Waals surface area contributed by atoms with E-state index in [1.807, 2.05) is 23.5 Å². The smallest absolute Gasteiger partial charge is 0.257 e. The lowest BCUT2D eigenvalue weighted by atomic mass is 10.3. The number of methoxy groups -OCH3 is 1. The van der Waals surface area contributed by atoms with E-state index in [0.29, 0.717) is 22.9 Å². The highest BCUT2D eigenvalue weighted by atomic mass is 32.2. The van der Waals surface area contributed by atoms with Crippen LogP contribution in [0.5, 0.6) is 0 Å². The highest BCUT2D eigenvalue weighted by Crippen LogP contribution is 2.41. The van der Waals surface area contributed by atoms with E-state index in [2.05, 4.69) is 17.1 Å². The van der Waals surface area contributed by atoms with Crippen molar-refractivity contribution in [3.05, 3.63) is 11.7 Å². The van der Waals surface area contributed by atoms with Crippen molar-refractivity contribution < 1.29 is 9.26 Å². The van der Waals surface area contributed by atoms with Crippen LogP contribution in [-0.2, 0) is 4.74 Å². The van der Waals surface area contributed by atoms with E-state index in [1.54, 1.807) is 7.11 Å². The van der Waals surface area contributed by atoms with Gasteiger partial charge < -0.3 is 15.0 Å². The van der Waals surface area contributed by atoms with Crippen molar-refractivity contribution in [2.45, 2.75) is 23.5 Å². The van der Waals surface area contributed by atoms with Crippen LogP contribution in [0.25, 0.3) is 0 Å². The third kappa shape index (κ3) is 2.96. The molecule has 3 unspecified atom stereocenters. The van der Waals surface area contributed by atoms with Gasteiger partial charge in [0.2, 0.25) is 0 Å². The zero-order valence-electron chi connectivity index (χ0n) is 9.96. The van der Waals surface area contributed by atoms with Gasteiger partial charge in [-0.3, -0.25) is 0 Å². The predicted octanol–water partition coefficient (Wildman–Crippen LogP) is 1.63. The van der Waals surface area contributed by atoms with Crippen molar-refractivity contribution in [3.63, 3.8) is 0 Å². The summed E-state index contributed by atoms with van der Waals surface area (Å²) in [6, 6.07) is 0. The maximum Gasteiger partial charge on any atom is 0.257 e. The third-order valence-electron chi connectivity index (χ3n) is 2.67. The molecule has 7 heteroatoms. The first-order valence-corrected chi connectivity index (χ1v) is 7.65. The van der Waals surface area contributed by atoms with Gasteiger partial charge in [-0.05, 0) is 0 Å². The van der Waals surface area contributed by atoms with Gasteiger partial charge in [0.1, 0.15) is 6.10 Å². The van der Waals surface area contributed by atoms with Crippen molar-refractivity contribution in [1.29, 1.82) is 0 Å². The molecule has 0 amide bonds. The highest BCUT2D eigenvalue weighted by Gasteiger charge is 2.29. The molecule has 96 valence electrons. The Morgan fingerprint density at radius 2 is 2.29 bits per heavy atom. The van der Waals surface area contributed by atoms with Crippen molar-refractivity contribution in [2.75, 3.05) is 25.2 Å². The lowest BCUT2D eigenvalue weighted by molar-refractivity contribution is 0.0804. The van der Waals surface area contributed by atoms with E-state index in [1.165, 1.54) is 5.75 Å². The summed E-state index contributed by atoms with van der Waals surface area (Å²) in [7, 11) is 1.59. The zero-order chi connectivity index (χ0) is 12.3. The minimum absolute atomic E-state index is 0.298. The van der Waals surface area contributed by atoms with Crippen LogP contribution in [-0.4, -0.2) is 40.6 Å². The molecule has 2 N–H and O–H groups in total. The largest absolute Gasteiger partial charge is 0.370 e. The molecule has 0 spiro atoms. The first-order chi connectivity index (χ1) is 8.26. The Hall–Kier alpha value is -0.240. The van der Waals surface area contributed by atoms with Crippen LogP contribution < -0.4 is 5.73 Å². The summed E-state index contributed by atoms with van der Waals surface area (Å²) in [6.07, 6.45) is -0.298. The van der Waals surface area contributed by atoms with Crippen LogP contribution >= 0.6 is 23.5 Å². The number of aromatic nitrogens is 2. The van der Waals surface area contributed by atoms with Gasteiger partial charge in [-0.15, -0.1) is 11.8 Å². The van der Waals surface area contributed by atoms with Crippen LogP contribution in [0.1, 0.15) is 30.0 Å². The van der Waals surface area contributed by atoms with E-state index in [9.17, 15) is 0 Å². The normalized spacial score (nSPS) is 27.0.